The van der Waals surface area contributed by atoms with Crippen molar-refractivity contribution >= 4 is 82.4 Å². The van der Waals surface area contributed by atoms with Gasteiger partial charge in [-0.3, -0.25) is 23.7 Å². The molecule has 1 aliphatic heterocycles. The van der Waals surface area contributed by atoms with E-state index in [1.54, 1.807) is 4.40 Å². The van der Waals surface area contributed by atoms with Crippen LogP contribution in [0.3, 0.4) is 0 Å². The van der Waals surface area contributed by atoms with Crippen molar-refractivity contribution < 1.29 is 9.59 Å². The molecule has 54 heavy (non-hydrogen) atoms. The number of pyridine rings is 1. The largest absolute Gasteiger partial charge is 0.274 e. The number of amides is 2. The van der Waals surface area contributed by atoms with Crippen LogP contribution in [0.25, 0.3) is 70.5 Å². The maximum Gasteiger partial charge on any atom is 0.264 e. The highest BCUT2D eigenvalue weighted by Crippen LogP contribution is 2.46. The smallest absolute Gasteiger partial charge is 0.264 e. The number of unbranched alkanes of at least 4 members (excludes halogenated alkanes) is 15. The molecule has 0 bridgehead atoms. The number of hydrogen-bond donors (Lipinski definition) is 0. The zero-order valence-electron chi connectivity index (χ0n) is 31.5. The van der Waals surface area contributed by atoms with Crippen molar-refractivity contribution in [3.63, 3.8) is 0 Å². The van der Waals surface area contributed by atoms with Crippen LogP contribution in [0.15, 0.2) is 77.6 Å². The number of carbonyl (C=O) groups excluding carboxylic acids is 2. The van der Waals surface area contributed by atoms with Gasteiger partial charge >= 0.3 is 0 Å². The fraction of sp³-hybridized carbons (Fsp3) is 0.375. The van der Waals surface area contributed by atoms with E-state index in [0.29, 0.717) is 28.7 Å². The average Bonchev–Trinajstić information content (AvgIpc) is 3.59. The van der Waals surface area contributed by atoms with Crippen LogP contribution < -0.4 is 5.56 Å². The Morgan fingerprint density at radius 3 is 1.48 bits per heavy atom. The zero-order valence-corrected chi connectivity index (χ0v) is 31.5. The molecule has 8 aromatic rings. The normalized spacial score (nSPS) is 13.5. The fourth-order valence-corrected chi connectivity index (χ4v) is 9.55. The molecule has 0 spiro atoms. The lowest BCUT2D eigenvalue weighted by Gasteiger charge is -2.28. The lowest BCUT2D eigenvalue weighted by Crippen LogP contribution is -2.40. The Bertz CT molecular complexity index is 2670. The number of aromatic nitrogens is 2. The highest BCUT2D eigenvalue weighted by atomic mass is 16.2. The number of imide groups is 1. The Kier molecular flexibility index (Phi) is 9.38. The summed E-state index contributed by atoms with van der Waals surface area (Å²) in [4.78, 5) is 48.4. The molecule has 0 unspecified atom stereocenters. The molecule has 0 fully saturated rings. The third kappa shape index (κ3) is 5.68. The van der Waals surface area contributed by atoms with Gasteiger partial charge in [0.15, 0.2) is 0 Å². The first-order valence-corrected chi connectivity index (χ1v) is 20.7. The van der Waals surface area contributed by atoms with E-state index in [2.05, 4.69) is 19.1 Å². The van der Waals surface area contributed by atoms with E-state index in [9.17, 15) is 14.4 Å². The molecule has 6 nitrogen and oxygen atoms in total. The van der Waals surface area contributed by atoms with Crippen molar-refractivity contribution in [3.8, 4) is 0 Å². The van der Waals surface area contributed by atoms with Crippen molar-refractivity contribution in [2.75, 3.05) is 6.54 Å². The van der Waals surface area contributed by atoms with E-state index in [1.807, 2.05) is 60.7 Å². The quantitative estimate of drug-likeness (QED) is 0.0407. The van der Waals surface area contributed by atoms with Gasteiger partial charge in [-0.25, -0.2) is 4.98 Å². The number of rotatable bonds is 17. The lowest BCUT2D eigenvalue weighted by atomic mass is 9.84. The summed E-state index contributed by atoms with van der Waals surface area (Å²) in [5, 5.41) is 9.21. The first-order chi connectivity index (χ1) is 26.6. The van der Waals surface area contributed by atoms with Crippen LogP contribution in [0.4, 0.5) is 0 Å². The molecule has 0 radical (unpaired) electrons. The van der Waals surface area contributed by atoms with Gasteiger partial charge in [0.1, 0.15) is 5.65 Å². The van der Waals surface area contributed by atoms with Crippen molar-refractivity contribution in [3.05, 3.63) is 94.3 Å². The van der Waals surface area contributed by atoms with Crippen LogP contribution in [0.1, 0.15) is 130 Å². The molecule has 2 amide bonds. The fourth-order valence-electron chi connectivity index (χ4n) is 9.55. The molecule has 6 aromatic carbocycles. The monoisotopic (exact) mass is 715 g/mol. The van der Waals surface area contributed by atoms with Gasteiger partial charge in [0.25, 0.3) is 17.4 Å². The van der Waals surface area contributed by atoms with Gasteiger partial charge < -0.3 is 0 Å². The molecule has 274 valence electrons. The summed E-state index contributed by atoms with van der Waals surface area (Å²) >= 11 is 0. The van der Waals surface area contributed by atoms with E-state index in [1.165, 1.54) is 88.4 Å². The Hall–Kier alpha value is -5.10. The van der Waals surface area contributed by atoms with Crippen molar-refractivity contribution in [2.45, 2.75) is 110 Å². The first-order valence-electron chi connectivity index (χ1n) is 20.7. The summed E-state index contributed by atoms with van der Waals surface area (Å²) < 4.78 is 1.74. The first kappa shape index (κ1) is 34.7. The number of benzene rings is 6. The SMILES string of the molecule is CCCCCCCCCCCCCCCCCCN1C(=O)c2ccc3c4ccc5c(=O)n6c7ccccc7nc6c6ccc(c7ccc(c2c37)C1=O)c4c56. The van der Waals surface area contributed by atoms with Crippen molar-refractivity contribution in [2.24, 2.45) is 0 Å². The molecule has 0 saturated carbocycles. The van der Waals surface area contributed by atoms with Crippen LogP contribution in [0.2, 0.25) is 0 Å². The Labute approximate surface area is 315 Å². The molecule has 0 atom stereocenters. The lowest BCUT2D eigenvalue weighted by molar-refractivity contribution is 0.0607. The van der Waals surface area contributed by atoms with Gasteiger partial charge in [-0.15, -0.1) is 0 Å². The molecule has 1 aliphatic rings. The molecule has 0 aliphatic carbocycles. The number of carbonyl (C=O) groups is 2. The van der Waals surface area contributed by atoms with Gasteiger partial charge in [-0.1, -0.05) is 140 Å². The standard InChI is InChI=1S/C48H49N3O3/c1-2-3-4-5-6-7-8-9-10-11-12-13-14-15-16-19-30-50-46(52)36-27-23-33-31-22-26-35-43-38(48(54)51-40-21-18-17-20-39(40)49-45(35)51)29-25-32(41(31)43)34-24-28-37(47(50)53)44(36)42(33)34/h17-18,20-29H,2-16,19,30H2,1H3. The minimum Gasteiger partial charge on any atom is -0.274 e. The molecular weight excluding hydrogens is 667 g/mol. The van der Waals surface area contributed by atoms with E-state index in [4.69, 9.17) is 4.98 Å². The molecular formula is C48H49N3O3. The highest BCUT2D eigenvalue weighted by molar-refractivity contribution is 6.41. The molecule has 2 aromatic heterocycles. The molecule has 9 rings (SSSR count). The second-order valence-corrected chi connectivity index (χ2v) is 15.8. The Morgan fingerprint density at radius 1 is 0.463 bits per heavy atom. The maximum absolute atomic E-state index is 14.0. The predicted molar refractivity (Wildman–Crippen MR) is 224 cm³/mol. The third-order valence-electron chi connectivity index (χ3n) is 12.3. The molecule has 0 saturated heterocycles. The maximum atomic E-state index is 14.0. The van der Waals surface area contributed by atoms with Gasteiger partial charge in [0.2, 0.25) is 0 Å². The van der Waals surface area contributed by atoms with Gasteiger partial charge in [0.05, 0.1) is 11.0 Å². The van der Waals surface area contributed by atoms with E-state index < -0.39 is 0 Å². The number of para-hydroxylation sites is 2. The summed E-state index contributed by atoms with van der Waals surface area (Å²) in [6.07, 6.45) is 20.6. The third-order valence-corrected chi connectivity index (χ3v) is 12.3. The average molecular weight is 716 g/mol. The van der Waals surface area contributed by atoms with Crippen LogP contribution in [-0.4, -0.2) is 32.6 Å². The minimum atomic E-state index is -0.197. The molecule has 3 heterocycles. The topological polar surface area (TPSA) is 71.8 Å². The number of fused-ring (bicyclic) bond motifs is 6. The second kappa shape index (κ2) is 14.6. The Morgan fingerprint density at radius 2 is 0.907 bits per heavy atom. The van der Waals surface area contributed by atoms with E-state index in [-0.39, 0.29) is 17.4 Å². The molecule has 0 N–H and O–H groups in total. The van der Waals surface area contributed by atoms with E-state index >= 15 is 0 Å². The van der Waals surface area contributed by atoms with Crippen LogP contribution in [0, 0.1) is 0 Å². The van der Waals surface area contributed by atoms with Crippen molar-refractivity contribution in [1.29, 1.82) is 0 Å². The number of hydrogen-bond acceptors (Lipinski definition) is 4. The van der Waals surface area contributed by atoms with Gasteiger partial charge in [0, 0.05) is 39.2 Å². The number of nitrogens with zero attached hydrogens (tertiary/aromatic N) is 3. The summed E-state index contributed by atoms with van der Waals surface area (Å²) in [6, 6.07) is 23.8. The van der Waals surface area contributed by atoms with Crippen LogP contribution in [-0.2, 0) is 0 Å². The minimum absolute atomic E-state index is 0.0772. The van der Waals surface area contributed by atoms with Crippen LogP contribution >= 0.6 is 0 Å². The summed E-state index contributed by atoms with van der Waals surface area (Å²) in [7, 11) is 0. The molecule has 6 heteroatoms. The second-order valence-electron chi connectivity index (χ2n) is 15.8. The van der Waals surface area contributed by atoms with Gasteiger partial charge in [-0.05, 0) is 75.1 Å². The zero-order chi connectivity index (χ0) is 36.8. The van der Waals surface area contributed by atoms with Crippen LogP contribution in [0.5, 0.6) is 0 Å². The summed E-state index contributed by atoms with van der Waals surface area (Å²) in [5.74, 6) is -0.393. The Balaban J connectivity index is 0.909. The summed E-state index contributed by atoms with van der Waals surface area (Å²) in [6.45, 7) is 2.73. The highest BCUT2D eigenvalue weighted by Gasteiger charge is 2.34. The van der Waals surface area contributed by atoms with Crippen molar-refractivity contribution in [1.82, 2.24) is 14.3 Å². The predicted octanol–water partition coefficient (Wildman–Crippen LogP) is 12.3. The number of imidazole rings is 1. The summed E-state index contributed by atoms with van der Waals surface area (Å²) in [5.41, 5.74) is 3.38. The van der Waals surface area contributed by atoms with Gasteiger partial charge in [-0.2, -0.15) is 0 Å². The van der Waals surface area contributed by atoms with E-state index in [0.717, 1.165) is 78.8 Å².